The average molecular weight is 226 g/mol. The highest BCUT2D eigenvalue weighted by atomic mass is 16.5. The lowest BCUT2D eigenvalue weighted by Gasteiger charge is -2.07. The second-order valence-electron chi connectivity index (χ2n) is 3.73. The fourth-order valence-electron chi connectivity index (χ4n) is 1.17. The SMILES string of the molecule is CC(C)OCCCNC(=O)c1cn[nH]c1N. The lowest BCUT2D eigenvalue weighted by atomic mass is 10.3. The van der Waals surface area contributed by atoms with Crippen LogP contribution in [0.3, 0.4) is 0 Å². The number of nitrogens with zero attached hydrogens (tertiary/aromatic N) is 1. The van der Waals surface area contributed by atoms with Gasteiger partial charge in [-0.3, -0.25) is 9.89 Å². The van der Waals surface area contributed by atoms with Crippen LogP contribution in [0.5, 0.6) is 0 Å². The number of rotatable bonds is 6. The molecular weight excluding hydrogens is 208 g/mol. The zero-order valence-corrected chi connectivity index (χ0v) is 9.62. The number of aromatic nitrogens is 2. The van der Waals surface area contributed by atoms with Crippen molar-refractivity contribution in [1.82, 2.24) is 15.5 Å². The van der Waals surface area contributed by atoms with E-state index < -0.39 is 0 Å². The molecule has 6 nitrogen and oxygen atoms in total. The number of amides is 1. The Morgan fingerprint density at radius 2 is 2.44 bits per heavy atom. The molecule has 0 bridgehead atoms. The third-order valence-corrected chi connectivity index (χ3v) is 1.97. The minimum atomic E-state index is -0.212. The van der Waals surface area contributed by atoms with Gasteiger partial charge in [0.2, 0.25) is 0 Å². The van der Waals surface area contributed by atoms with Crippen LogP contribution in [-0.4, -0.2) is 35.4 Å². The molecule has 16 heavy (non-hydrogen) atoms. The van der Waals surface area contributed by atoms with Gasteiger partial charge in [-0.05, 0) is 20.3 Å². The Hall–Kier alpha value is -1.56. The summed E-state index contributed by atoms with van der Waals surface area (Å²) in [6, 6.07) is 0. The van der Waals surface area contributed by atoms with Crippen molar-refractivity contribution in [3.8, 4) is 0 Å². The highest BCUT2D eigenvalue weighted by Gasteiger charge is 2.10. The number of aromatic amines is 1. The first-order chi connectivity index (χ1) is 7.61. The molecule has 1 aromatic rings. The molecule has 0 aliphatic heterocycles. The first-order valence-corrected chi connectivity index (χ1v) is 5.30. The number of carbonyl (C=O) groups excluding carboxylic acids is 1. The second-order valence-corrected chi connectivity index (χ2v) is 3.73. The van der Waals surface area contributed by atoms with Crippen LogP contribution in [0.1, 0.15) is 30.6 Å². The van der Waals surface area contributed by atoms with Gasteiger partial charge >= 0.3 is 0 Å². The maximum Gasteiger partial charge on any atom is 0.256 e. The predicted molar refractivity (Wildman–Crippen MR) is 61.0 cm³/mol. The van der Waals surface area contributed by atoms with Crippen molar-refractivity contribution in [1.29, 1.82) is 0 Å². The molecule has 0 saturated heterocycles. The molecule has 4 N–H and O–H groups in total. The van der Waals surface area contributed by atoms with Gasteiger partial charge in [0, 0.05) is 13.2 Å². The average Bonchev–Trinajstić information content (AvgIpc) is 2.63. The van der Waals surface area contributed by atoms with Gasteiger partial charge in [0.05, 0.1) is 12.3 Å². The molecule has 0 fully saturated rings. The van der Waals surface area contributed by atoms with Gasteiger partial charge in [-0.1, -0.05) is 0 Å². The Bertz CT molecular complexity index is 335. The number of H-pyrrole nitrogens is 1. The Labute approximate surface area is 94.5 Å². The lowest BCUT2D eigenvalue weighted by molar-refractivity contribution is 0.0757. The number of hydrogen-bond donors (Lipinski definition) is 3. The number of hydrogen-bond acceptors (Lipinski definition) is 4. The van der Waals surface area contributed by atoms with Crippen LogP contribution in [0.25, 0.3) is 0 Å². The van der Waals surface area contributed by atoms with Crippen molar-refractivity contribution in [2.45, 2.75) is 26.4 Å². The summed E-state index contributed by atoms with van der Waals surface area (Å²) in [5, 5.41) is 8.92. The van der Waals surface area contributed by atoms with Crippen molar-refractivity contribution in [2.24, 2.45) is 0 Å². The maximum atomic E-state index is 11.5. The minimum absolute atomic E-state index is 0.212. The van der Waals surface area contributed by atoms with E-state index in [9.17, 15) is 4.79 Å². The topological polar surface area (TPSA) is 93.0 Å². The summed E-state index contributed by atoms with van der Waals surface area (Å²) in [6.07, 6.45) is 2.41. The van der Waals surface area contributed by atoms with E-state index in [0.29, 0.717) is 18.7 Å². The number of nitrogen functional groups attached to an aromatic ring is 1. The van der Waals surface area contributed by atoms with E-state index in [2.05, 4.69) is 15.5 Å². The summed E-state index contributed by atoms with van der Waals surface area (Å²) in [5.74, 6) is 0.0757. The Kier molecular flexibility index (Phi) is 4.78. The molecule has 1 rings (SSSR count). The maximum absolute atomic E-state index is 11.5. The van der Waals surface area contributed by atoms with E-state index in [1.54, 1.807) is 0 Å². The zero-order chi connectivity index (χ0) is 12.0. The highest BCUT2D eigenvalue weighted by molar-refractivity contribution is 5.97. The van der Waals surface area contributed by atoms with Crippen LogP contribution in [0, 0.1) is 0 Å². The van der Waals surface area contributed by atoms with Crippen LogP contribution in [0.15, 0.2) is 6.20 Å². The van der Waals surface area contributed by atoms with Crippen molar-refractivity contribution in [2.75, 3.05) is 18.9 Å². The van der Waals surface area contributed by atoms with Crippen LogP contribution in [-0.2, 0) is 4.74 Å². The lowest BCUT2D eigenvalue weighted by Crippen LogP contribution is -2.25. The van der Waals surface area contributed by atoms with Gasteiger partial charge < -0.3 is 15.8 Å². The third kappa shape index (κ3) is 3.90. The van der Waals surface area contributed by atoms with E-state index in [0.717, 1.165) is 6.42 Å². The molecule has 90 valence electrons. The Morgan fingerprint density at radius 3 is 3.00 bits per heavy atom. The van der Waals surface area contributed by atoms with Crippen LogP contribution in [0.4, 0.5) is 5.82 Å². The molecule has 0 aliphatic carbocycles. The van der Waals surface area contributed by atoms with Crippen LogP contribution in [0.2, 0.25) is 0 Å². The molecule has 0 aromatic carbocycles. The quantitative estimate of drug-likeness (QED) is 0.617. The van der Waals surface area contributed by atoms with E-state index in [1.165, 1.54) is 6.20 Å². The molecule has 0 spiro atoms. The van der Waals surface area contributed by atoms with Crippen LogP contribution < -0.4 is 11.1 Å². The molecule has 1 heterocycles. The number of carbonyl (C=O) groups is 1. The molecule has 1 amide bonds. The van der Waals surface area contributed by atoms with E-state index in [4.69, 9.17) is 10.5 Å². The predicted octanol–water partition coefficient (Wildman–Crippen LogP) is 0.537. The monoisotopic (exact) mass is 226 g/mol. The Morgan fingerprint density at radius 1 is 1.69 bits per heavy atom. The number of nitrogens with two attached hydrogens (primary N) is 1. The summed E-state index contributed by atoms with van der Waals surface area (Å²) >= 11 is 0. The second kappa shape index (κ2) is 6.12. The van der Waals surface area contributed by atoms with Gasteiger partial charge in [0.25, 0.3) is 5.91 Å². The summed E-state index contributed by atoms with van der Waals surface area (Å²) in [7, 11) is 0. The molecule has 0 radical (unpaired) electrons. The summed E-state index contributed by atoms with van der Waals surface area (Å²) < 4.78 is 5.34. The van der Waals surface area contributed by atoms with Gasteiger partial charge in [0.1, 0.15) is 11.4 Å². The number of anilines is 1. The number of nitrogens with one attached hydrogen (secondary N) is 2. The summed E-state index contributed by atoms with van der Waals surface area (Å²) in [4.78, 5) is 11.5. The molecule has 6 heteroatoms. The molecule has 0 atom stereocenters. The van der Waals surface area contributed by atoms with Gasteiger partial charge in [-0.15, -0.1) is 0 Å². The van der Waals surface area contributed by atoms with E-state index in [-0.39, 0.29) is 17.8 Å². The molecular formula is C10H18N4O2. The summed E-state index contributed by atoms with van der Waals surface area (Å²) in [5.41, 5.74) is 5.89. The van der Waals surface area contributed by atoms with Crippen molar-refractivity contribution in [3.05, 3.63) is 11.8 Å². The van der Waals surface area contributed by atoms with Crippen molar-refractivity contribution >= 4 is 11.7 Å². The minimum Gasteiger partial charge on any atom is -0.383 e. The smallest absolute Gasteiger partial charge is 0.256 e. The molecule has 0 saturated carbocycles. The van der Waals surface area contributed by atoms with E-state index in [1.807, 2.05) is 13.8 Å². The van der Waals surface area contributed by atoms with Gasteiger partial charge in [-0.2, -0.15) is 5.10 Å². The molecule has 1 aromatic heterocycles. The molecule has 0 unspecified atom stereocenters. The zero-order valence-electron chi connectivity index (χ0n) is 9.62. The van der Waals surface area contributed by atoms with Gasteiger partial charge in [0.15, 0.2) is 0 Å². The van der Waals surface area contributed by atoms with Gasteiger partial charge in [-0.25, -0.2) is 0 Å². The van der Waals surface area contributed by atoms with Crippen molar-refractivity contribution in [3.63, 3.8) is 0 Å². The Balaban J connectivity index is 2.19. The first-order valence-electron chi connectivity index (χ1n) is 5.30. The largest absolute Gasteiger partial charge is 0.383 e. The normalized spacial score (nSPS) is 10.7. The fraction of sp³-hybridized carbons (Fsp3) is 0.600. The number of ether oxygens (including phenoxy) is 1. The summed E-state index contributed by atoms with van der Waals surface area (Å²) in [6.45, 7) is 5.16. The third-order valence-electron chi connectivity index (χ3n) is 1.97. The standard InChI is InChI=1S/C10H18N4O2/c1-7(2)16-5-3-4-12-10(15)8-6-13-14-9(8)11/h6-7H,3-5H2,1-2H3,(H,12,15)(H3,11,13,14). The highest BCUT2D eigenvalue weighted by Crippen LogP contribution is 2.04. The van der Waals surface area contributed by atoms with E-state index >= 15 is 0 Å². The van der Waals surface area contributed by atoms with Crippen LogP contribution >= 0.6 is 0 Å². The molecule has 0 aliphatic rings. The first kappa shape index (κ1) is 12.5. The van der Waals surface area contributed by atoms with Crippen molar-refractivity contribution < 1.29 is 9.53 Å². The fourth-order valence-corrected chi connectivity index (χ4v) is 1.17.